The maximum absolute atomic E-state index is 12.7. The van der Waals surface area contributed by atoms with Gasteiger partial charge in [0.2, 0.25) is 5.95 Å². The Morgan fingerprint density at radius 1 is 1.57 bits per heavy atom. The van der Waals surface area contributed by atoms with E-state index in [0.717, 1.165) is 6.07 Å². The van der Waals surface area contributed by atoms with Crippen molar-refractivity contribution in [1.29, 1.82) is 5.26 Å². The number of rotatable bonds is 2. The monoisotopic (exact) mass is 201 g/mol. The van der Waals surface area contributed by atoms with Gasteiger partial charge in [0.25, 0.3) is 6.43 Å². The summed E-state index contributed by atoms with van der Waals surface area (Å²) in [5.41, 5.74) is 4.01. The van der Waals surface area contributed by atoms with Crippen molar-refractivity contribution >= 4 is 0 Å². The van der Waals surface area contributed by atoms with Gasteiger partial charge in [-0.3, -0.25) is 0 Å². The van der Waals surface area contributed by atoms with Gasteiger partial charge in [-0.05, 0) is 11.6 Å². The molecule has 0 radical (unpaired) electrons. The van der Waals surface area contributed by atoms with Gasteiger partial charge in [0, 0.05) is 6.54 Å². The quantitative estimate of drug-likeness (QED) is 0.737. The van der Waals surface area contributed by atoms with Gasteiger partial charge in [-0.25, -0.2) is 13.8 Å². The van der Waals surface area contributed by atoms with E-state index in [0.29, 0.717) is 0 Å². The summed E-state index contributed by atoms with van der Waals surface area (Å²) in [4.78, 5) is 2.96. The number of alkyl halides is 2. The van der Waals surface area contributed by atoms with Crippen LogP contribution in [0.5, 0.6) is 0 Å². The first-order valence-corrected chi connectivity index (χ1v) is 3.67. The van der Waals surface area contributed by atoms with Gasteiger partial charge in [0.15, 0.2) is 0 Å². The van der Waals surface area contributed by atoms with Gasteiger partial charge in [-0.1, -0.05) is 0 Å². The number of aromatic nitrogens is 1. The summed E-state index contributed by atoms with van der Waals surface area (Å²) in [5.74, 6) is -1.06. The average molecular weight is 201 g/mol. The zero-order valence-electron chi connectivity index (χ0n) is 6.97. The van der Waals surface area contributed by atoms with Crippen molar-refractivity contribution in [3.05, 3.63) is 28.8 Å². The van der Waals surface area contributed by atoms with Crippen molar-refractivity contribution in [3.63, 3.8) is 0 Å². The fourth-order valence-electron chi connectivity index (χ4n) is 1.03. The molecule has 0 fully saturated rings. The van der Waals surface area contributed by atoms with Gasteiger partial charge < -0.3 is 5.73 Å². The summed E-state index contributed by atoms with van der Waals surface area (Å²) in [6.07, 6.45) is -2.98. The molecule has 1 aromatic rings. The number of halogens is 3. The van der Waals surface area contributed by atoms with E-state index in [2.05, 4.69) is 4.98 Å². The van der Waals surface area contributed by atoms with E-state index in [1.807, 2.05) is 0 Å². The Morgan fingerprint density at radius 3 is 2.64 bits per heavy atom. The van der Waals surface area contributed by atoms with E-state index in [1.165, 1.54) is 6.07 Å². The molecule has 1 rings (SSSR count). The Labute approximate surface area is 78.0 Å². The summed E-state index contributed by atoms with van der Waals surface area (Å²) in [5, 5.41) is 8.57. The lowest BCUT2D eigenvalue weighted by Gasteiger charge is -2.06. The summed E-state index contributed by atoms with van der Waals surface area (Å²) in [6.45, 7) is -0.179. The van der Waals surface area contributed by atoms with Crippen LogP contribution in [0.3, 0.4) is 0 Å². The van der Waals surface area contributed by atoms with E-state index in [-0.39, 0.29) is 17.7 Å². The zero-order chi connectivity index (χ0) is 10.7. The first kappa shape index (κ1) is 10.5. The summed E-state index contributed by atoms with van der Waals surface area (Å²) >= 11 is 0. The predicted octanol–water partition coefficient (Wildman–Crippen LogP) is 1.49. The third-order valence-corrected chi connectivity index (χ3v) is 1.64. The van der Waals surface area contributed by atoms with Gasteiger partial charge >= 0.3 is 0 Å². The van der Waals surface area contributed by atoms with E-state index >= 15 is 0 Å². The summed E-state index contributed by atoms with van der Waals surface area (Å²) in [7, 11) is 0. The van der Waals surface area contributed by atoms with Crippen molar-refractivity contribution < 1.29 is 13.2 Å². The number of nitrogens with zero attached hydrogens (tertiary/aromatic N) is 2. The zero-order valence-corrected chi connectivity index (χ0v) is 6.97. The molecule has 1 aromatic heterocycles. The van der Waals surface area contributed by atoms with Crippen LogP contribution in [-0.2, 0) is 6.54 Å². The molecule has 1 heterocycles. The van der Waals surface area contributed by atoms with Gasteiger partial charge in [-0.2, -0.15) is 9.65 Å². The number of hydrogen-bond donors (Lipinski definition) is 1. The predicted molar refractivity (Wildman–Crippen MR) is 41.8 cm³/mol. The molecular formula is C8H6F3N3. The minimum Gasteiger partial charge on any atom is -0.326 e. The first-order valence-electron chi connectivity index (χ1n) is 3.67. The number of hydrogen-bond acceptors (Lipinski definition) is 3. The third kappa shape index (κ3) is 1.83. The van der Waals surface area contributed by atoms with Crippen molar-refractivity contribution in [2.75, 3.05) is 0 Å². The molecule has 2 N–H and O–H groups in total. The highest BCUT2D eigenvalue weighted by atomic mass is 19.3. The molecule has 6 heteroatoms. The second-order valence-electron chi connectivity index (χ2n) is 2.48. The number of nitriles is 1. The van der Waals surface area contributed by atoms with Crippen LogP contribution in [0.25, 0.3) is 0 Å². The maximum Gasteiger partial charge on any atom is 0.281 e. The molecule has 0 amide bonds. The Morgan fingerprint density at radius 2 is 2.21 bits per heavy atom. The van der Waals surface area contributed by atoms with Gasteiger partial charge in [0.05, 0.1) is 5.56 Å². The third-order valence-electron chi connectivity index (χ3n) is 1.64. The Hall–Kier alpha value is -1.61. The van der Waals surface area contributed by atoms with Crippen molar-refractivity contribution in [1.82, 2.24) is 4.98 Å². The highest BCUT2D eigenvalue weighted by Crippen LogP contribution is 2.23. The minimum atomic E-state index is -2.98. The molecule has 0 aromatic carbocycles. The largest absolute Gasteiger partial charge is 0.326 e. The molecule has 14 heavy (non-hydrogen) atoms. The topological polar surface area (TPSA) is 62.7 Å². The van der Waals surface area contributed by atoms with Gasteiger partial charge in [-0.15, -0.1) is 0 Å². The lowest BCUT2D eigenvalue weighted by atomic mass is 10.1. The molecule has 0 saturated carbocycles. The molecule has 0 aliphatic rings. The van der Waals surface area contributed by atoms with E-state index in [1.54, 1.807) is 0 Å². The fourth-order valence-corrected chi connectivity index (χ4v) is 1.03. The van der Waals surface area contributed by atoms with Crippen molar-refractivity contribution in [3.8, 4) is 6.07 Å². The van der Waals surface area contributed by atoms with Crippen LogP contribution in [0.1, 0.15) is 23.2 Å². The van der Waals surface area contributed by atoms with E-state index in [4.69, 9.17) is 11.0 Å². The normalized spacial score (nSPS) is 10.3. The second kappa shape index (κ2) is 4.07. The Kier molecular flexibility index (Phi) is 3.04. The molecule has 0 atom stereocenters. The number of nitrogens with two attached hydrogens (primary N) is 1. The second-order valence-corrected chi connectivity index (χ2v) is 2.48. The maximum atomic E-state index is 12.7. The molecule has 0 aliphatic carbocycles. The molecule has 74 valence electrons. The van der Waals surface area contributed by atoms with Gasteiger partial charge in [0.1, 0.15) is 11.8 Å². The summed E-state index contributed by atoms with van der Waals surface area (Å²) in [6, 6.07) is 2.41. The highest BCUT2D eigenvalue weighted by molar-refractivity contribution is 5.41. The molecule has 0 unspecified atom stereocenters. The van der Waals surface area contributed by atoms with Crippen molar-refractivity contribution in [2.24, 2.45) is 5.73 Å². The van der Waals surface area contributed by atoms with Crippen LogP contribution in [0.2, 0.25) is 0 Å². The summed E-state index contributed by atoms with van der Waals surface area (Å²) < 4.78 is 37.3. The number of pyridine rings is 1. The van der Waals surface area contributed by atoms with Crippen LogP contribution >= 0.6 is 0 Å². The fraction of sp³-hybridized carbons (Fsp3) is 0.250. The molecule has 0 bridgehead atoms. The van der Waals surface area contributed by atoms with Crippen molar-refractivity contribution in [2.45, 2.75) is 13.0 Å². The van der Waals surface area contributed by atoms with Crippen LogP contribution < -0.4 is 5.73 Å². The minimum absolute atomic E-state index is 0.0373. The molecule has 0 aliphatic heterocycles. The molecular weight excluding hydrogens is 195 g/mol. The Bertz CT molecular complexity index is 384. The SMILES string of the molecule is N#Cc1c(CN)cc(F)nc1C(F)F. The van der Waals surface area contributed by atoms with Crippen LogP contribution in [-0.4, -0.2) is 4.98 Å². The molecule has 0 spiro atoms. The first-order chi connectivity index (χ1) is 6.60. The highest BCUT2D eigenvalue weighted by Gasteiger charge is 2.19. The lowest BCUT2D eigenvalue weighted by Crippen LogP contribution is -2.07. The van der Waals surface area contributed by atoms with Crippen LogP contribution in [0.4, 0.5) is 13.2 Å². The molecule has 0 saturated heterocycles. The standard InChI is InChI=1S/C8H6F3N3/c9-6-1-4(2-12)5(3-13)7(14-6)8(10)11/h1,8H,2,12H2. The Balaban J connectivity index is 3.41. The lowest BCUT2D eigenvalue weighted by molar-refractivity contribution is 0.144. The average Bonchev–Trinajstić information content (AvgIpc) is 2.16. The van der Waals surface area contributed by atoms with Crippen LogP contribution in [0, 0.1) is 17.3 Å². The van der Waals surface area contributed by atoms with E-state index in [9.17, 15) is 13.2 Å². The molecule has 3 nitrogen and oxygen atoms in total. The van der Waals surface area contributed by atoms with E-state index < -0.39 is 18.1 Å². The van der Waals surface area contributed by atoms with Crippen LogP contribution in [0.15, 0.2) is 6.07 Å². The smallest absolute Gasteiger partial charge is 0.281 e.